The summed E-state index contributed by atoms with van der Waals surface area (Å²) in [6.45, 7) is 9.46. The van der Waals surface area contributed by atoms with Crippen molar-refractivity contribution in [1.29, 1.82) is 0 Å². The summed E-state index contributed by atoms with van der Waals surface area (Å²) in [5.74, 6) is -2.17. The molecular formula is C27H36BN3O6S. The van der Waals surface area contributed by atoms with E-state index < -0.39 is 43.0 Å². The second-order valence-electron chi connectivity index (χ2n) is 9.94. The van der Waals surface area contributed by atoms with E-state index in [4.69, 9.17) is 9.31 Å². The highest BCUT2D eigenvalue weighted by atomic mass is 32.2. The minimum Gasteiger partial charge on any atom is -0.507 e. The maximum atomic E-state index is 13.3. The summed E-state index contributed by atoms with van der Waals surface area (Å²) in [5.41, 5.74) is 1.57. The van der Waals surface area contributed by atoms with Crippen molar-refractivity contribution in [3.63, 3.8) is 0 Å². The maximum Gasteiger partial charge on any atom is 0.551 e. The molecule has 9 nitrogen and oxygen atoms in total. The van der Waals surface area contributed by atoms with Crippen molar-refractivity contribution in [3.8, 4) is 11.3 Å². The van der Waals surface area contributed by atoms with Crippen molar-refractivity contribution >= 4 is 36.7 Å². The third kappa shape index (κ3) is 8.31. The normalized spacial score (nSPS) is 20.5. The first-order valence-corrected chi connectivity index (χ1v) is 13.8. The van der Waals surface area contributed by atoms with Crippen LogP contribution in [0.15, 0.2) is 48.5 Å². The van der Waals surface area contributed by atoms with Gasteiger partial charge in [0.05, 0.1) is 23.0 Å². The lowest BCUT2D eigenvalue weighted by Gasteiger charge is -2.31. The van der Waals surface area contributed by atoms with E-state index in [-0.39, 0.29) is 22.1 Å². The van der Waals surface area contributed by atoms with Crippen LogP contribution >= 0.6 is 11.8 Å². The molecule has 1 aliphatic rings. The molecule has 38 heavy (non-hydrogen) atoms. The van der Waals surface area contributed by atoms with Crippen LogP contribution in [-0.4, -0.2) is 70.2 Å². The Hall–Kier alpha value is -2.89. The molecule has 0 spiro atoms. The van der Waals surface area contributed by atoms with Gasteiger partial charge in [0, 0.05) is 17.4 Å². The van der Waals surface area contributed by atoms with E-state index in [0.717, 1.165) is 5.56 Å². The molecule has 3 N–H and O–H groups in total. The molecule has 3 rings (SSSR count). The number of amides is 2. The van der Waals surface area contributed by atoms with Crippen molar-refractivity contribution in [2.75, 3.05) is 6.61 Å². The number of benzene rings is 1. The molecule has 1 fully saturated rings. The molecule has 2 heterocycles. The zero-order chi connectivity index (χ0) is 27.8. The largest absolute Gasteiger partial charge is 0.551 e. The number of aliphatic hydroxyl groups excluding tert-OH is 1. The lowest BCUT2D eigenvalue weighted by molar-refractivity contribution is -0.136. The van der Waals surface area contributed by atoms with E-state index in [2.05, 4.69) is 15.6 Å². The first kappa shape index (κ1) is 29.7. The lowest BCUT2D eigenvalue weighted by Crippen LogP contribution is -2.59. The Morgan fingerprint density at radius 3 is 2.47 bits per heavy atom. The predicted molar refractivity (Wildman–Crippen MR) is 148 cm³/mol. The SMILES string of the molecule is CC(C)C[C@H](NC(=O)C(NC(=O)c1cccc(-c2ccccc2)n1)[C@@H](C)O)B1OC[C@@H](C)S[C@@H](C)C(=O)O1. The Morgan fingerprint density at radius 2 is 1.82 bits per heavy atom. The maximum absolute atomic E-state index is 13.3. The molecule has 5 atom stereocenters. The topological polar surface area (TPSA) is 127 Å². The molecule has 1 aromatic carbocycles. The minimum atomic E-state index is -1.27. The molecule has 1 aliphatic heterocycles. The molecule has 11 heteroatoms. The van der Waals surface area contributed by atoms with E-state index in [1.807, 2.05) is 51.1 Å². The highest BCUT2D eigenvalue weighted by Gasteiger charge is 2.40. The van der Waals surface area contributed by atoms with Gasteiger partial charge in [0.1, 0.15) is 11.7 Å². The Bertz CT molecular complexity index is 1100. The summed E-state index contributed by atoms with van der Waals surface area (Å²) < 4.78 is 11.5. The van der Waals surface area contributed by atoms with Crippen LogP contribution in [0.2, 0.25) is 0 Å². The third-order valence-electron chi connectivity index (χ3n) is 5.98. The molecule has 0 bridgehead atoms. The quantitative estimate of drug-likeness (QED) is 0.414. The van der Waals surface area contributed by atoms with Gasteiger partial charge in [-0.1, -0.05) is 57.2 Å². The number of rotatable bonds is 9. The summed E-state index contributed by atoms with van der Waals surface area (Å²) in [4.78, 5) is 43.3. The van der Waals surface area contributed by atoms with Crippen molar-refractivity contribution in [1.82, 2.24) is 15.6 Å². The second-order valence-corrected chi connectivity index (χ2v) is 11.7. The number of hydrogen-bond acceptors (Lipinski definition) is 8. The van der Waals surface area contributed by atoms with E-state index in [9.17, 15) is 19.5 Å². The van der Waals surface area contributed by atoms with E-state index in [1.165, 1.54) is 18.7 Å². The summed E-state index contributed by atoms with van der Waals surface area (Å²) in [5, 5.41) is 15.5. The van der Waals surface area contributed by atoms with Gasteiger partial charge < -0.3 is 25.0 Å². The molecule has 0 saturated carbocycles. The zero-order valence-corrected chi connectivity index (χ0v) is 23.2. The summed E-state index contributed by atoms with van der Waals surface area (Å²) in [6, 6.07) is 13.2. The Balaban J connectivity index is 1.76. The zero-order valence-electron chi connectivity index (χ0n) is 22.4. The highest BCUT2D eigenvalue weighted by Crippen LogP contribution is 2.24. The lowest BCUT2D eigenvalue weighted by atomic mass is 9.73. The smallest absolute Gasteiger partial charge is 0.507 e. The van der Waals surface area contributed by atoms with Crippen molar-refractivity contribution in [3.05, 3.63) is 54.2 Å². The summed E-state index contributed by atoms with van der Waals surface area (Å²) >= 11 is 1.46. The van der Waals surface area contributed by atoms with Gasteiger partial charge >= 0.3 is 13.1 Å². The number of pyridine rings is 1. The van der Waals surface area contributed by atoms with Gasteiger partial charge in [-0.25, -0.2) is 4.98 Å². The average Bonchev–Trinajstić information content (AvgIpc) is 2.88. The van der Waals surface area contributed by atoms with Gasteiger partial charge in [-0.3, -0.25) is 14.4 Å². The number of hydrogen-bond donors (Lipinski definition) is 3. The summed E-state index contributed by atoms with van der Waals surface area (Å²) in [7, 11) is -0.991. The average molecular weight is 541 g/mol. The number of nitrogens with zero attached hydrogens (tertiary/aromatic N) is 1. The monoisotopic (exact) mass is 541 g/mol. The van der Waals surface area contributed by atoms with Crippen LogP contribution in [0, 0.1) is 5.92 Å². The molecular weight excluding hydrogens is 505 g/mol. The van der Waals surface area contributed by atoms with Gasteiger partial charge in [0.25, 0.3) is 5.91 Å². The number of thioether (sulfide) groups is 1. The van der Waals surface area contributed by atoms with Crippen LogP contribution in [0.5, 0.6) is 0 Å². The fraction of sp³-hybridized carbons (Fsp3) is 0.481. The predicted octanol–water partition coefficient (Wildman–Crippen LogP) is 2.87. The first-order valence-electron chi connectivity index (χ1n) is 12.8. The molecule has 1 saturated heterocycles. The Morgan fingerprint density at radius 1 is 1.11 bits per heavy atom. The van der Waals surface area contributed by atoms with E-state index >= 15 is 0 Å². The van der Waals surface area contributed by atoms with Gasteiger partial charge in [-0.05, 0) is 38.3 Å². The second kappa shape index (κ2) is 13.8. The highest BCUT2D eigenvalue weighted by molar-refractivity contribution is 8.01. The number of aromatic nitrogens is 1. The van der Waals surface area contributed by atoms with Crippen LogP contribution in [0.25, 0.3) is 11.3 Å². The van der Waals surface area contributed by atoms with Crippen LogP contribution < -0.4 is 10.6 Å². The van der Waals surface area contributed by atoms with E-state index in [1.54, 1.807) is 25.1 Å². The Labute approximate surface area is 228 Å². The standard InChI is InChI=1S/C27H36BN3O6S/c1-16(2)14-23(28-36-15-17(3)38-19(5)27(35)37-28)30-26(34)24(18(4)32)31-25(33)22-13-9-12-21(29-22)20-10-7-6-8-11-20/h6-13,16-19,23-24,32H,14-15H2,1-5H3,(H,30,34)(H,31,33)/t17-,18-,19+,23+,24?/m1/s1. The van der Waals surface area contributed by atoms with Crippen LogP contribution in [0.1, 0.15) is 51.5 Å². The first-order chi connectivity index (χ1) is 18.0. The minimum absolute atomic E-state index is 0.0689. The molecule has 0 aliphatic carbocycles. The molecule has 2 aromatic rings. The fourth-order valence-corrected chi connectivity index (χ4v) is 5.11. The molecule has 2 amide bonds. The number of nitrogens with one attached hydrogen (secondary N) is 2. The molecule has 1 unspecified atom stereocenters. The van der Waals surface area contributed by atoms with Gasteiger partial charge in [0.2, 0.25) is 5.91 Å². The molecule has 0 radical (unpaired) electrons. The Kier molecular flexibility index (Phi) is 10.8. The summed E-state index contributed by atoms with van der Waals surface area (Å²) in [6.07, 6.45) is -0.742. The van der Waals surface area contributed by atoms with E-state index in [0.29, 0.717) is 18.7 Å². The number of carbonyl (C=O) groups excluding carboxylic acids is 3. The van der Waals surface area contributed by atoms with Crippen molar-refractivity contribution in [2.45, 2.75) is 69.6 Å². The van der Waals surface area contributed by atoms with Gasteiger partial charge in [0.15, 0.2) is 0 Å². The van der Waals surface area contributed by atoms with Crippen molar-refractivity contribution < 1.29 is 28.8 Å². The van der Waals surface area contributed by atoms with Gasteiger partial charge in [-0.2, -0.15) is 0 Å². The van der Waals surface area contributed by atoms with Crippen LogP contribution in [0.3, 0.4) is 0 Å². The fourth-order valence-electron chi connectivity index (χ4n) is 4.09. The van der Waals surface area contributed by atoms with Crippen LogP contribution in [0.4, 0.5) is 0 Å². The molecule has 1 aromatic heterocycles. The van der Waals surface area contributed by atoms with Crippen molar-refractivity contribution in [2.24, 2.45) is 5.92 Å². The van der Waals surface area contributed by atoms with Crippen LogP contribution in [-0.2, 0) is 18.9 Å². The number of carbonyl (C=O) groups is 3. The van der Waals surface area contributed by atoms with Gasteiger partial charge in [-0.15, -0.1) is 11.8 Å². The number of aliphatic hydroxyl groups is 1. The molecule has 204 valence electrons. The third-order valence-corrected chi connectivity index (χ3v) is 7.18.